The van der Waals surface area contributed by atoms with E-state index in [1.807, 2.05) is 13.8 Å². The van der Waals surface area contributed by atoms with Crippen molar-refractivity contribution in [2.75, 3.05) is 0 Å². The molecule has 1 heterocycles. The van der Waals surface area contributed by atoms with E-state index in [1.54, 1.807) is 24.3 Å². The van der Waals surface area contributed by atoms with Gasteiger partial charge in [-0.1, -0.05) is 18.2 Å². The van der Waals surface area contributed by atoms with Crippen molar-refractivity contribution in [2.45, 2.75) is 32.2 Å². The number of carbonyl (C=O) groups excluding carboxylic acids is 1. The fraction of sp³-hybridized carbons (Fsp3) is 0.263. The van der Waals surface area contributed by atoms with Gasteiger partial charge < -0.3 is 5.11 Å². The molecule has 23 heavy (non-hydrogen) atoms. The number of aromatic hydroxyl groups is 1. The van der Waals surface area contributed by atoms with Gasteiger partial charge in [0.1, 0.15) is 11.6 Å². The van der Waals surface area contributed by atoms with E-state index in [1.165, 1.54) is 18.2 Å². The third-order valence-electron chi connectivity index (χ3n) is 3.98. The van der Waals surface area contributed by atoms with Crippen LogP contribution in [0, 0.1) is 5.82 Å². The lowest BCUT2D eigenvalue weighted by molar-refractivity contribution is 0.0998. The van der Waals surface area contributed by atoms with Gasteiger partial charge in [-0.3, -0.25) is 9.79 Å². The van der Waals surface area contributed by atoms with E-state index >= 15 is 0 Å². The number of benzene rings is 2. The molecule has 4 heteroatoms. The van der Waals surface area contributed by atoms with E-state index < -0.39 is 0 Å². The van der Waals surface area contributed by atoms with Crippen LogP contribution in [0.1, 0.15) is 41.8 Å². The van der Waals surface area contributed by atoms with Crippen LogP contribution in [-0.4, -0.2) is 22.1 Å². The fourth-order valence-electron chi connectivity index (χ4n) is 2.99. The van der Waals surface area contributed by atoms with Crippen LogP contribution in [0.5, 0.6) is 5.75 Å². The van der Waals surface area contributed by atoms with Crippen molar-refractivity contribution >= 4 is 11.5 Å². The summed E-state index contributed by atoms with van der Waals surface area (Å²) in [5, 5.41) is 9.83. The quantitative estimate of drug-likeness (QED) is 0.873. The van der Waals surface area contributed by atoms with Crippen molar-refractivity contribution in [1.29, 1.82) is 0 Å². The van der Waals surface area contributed by atoms with Gasteiger partial charge in [0.15, 0.2) is 5.78 Å². The van der Waals surface area contributed by atoms with Gasteiger partial charge in [-0.15, -0.1) is 0 Å². The SMILES string of the molecule is CC1(C)Cc2ccc(F)cc2C(CC(=O)c2ccccc2O)=N1. The van der Waals surface area contributed by atoms with Gasteiger partial charge >= 0.3 is 0 Å². The Morgan fingerprint density at radius 2 is 2.00 bits per heavy atom. The summed E-state index contributed by atoms with van der Waals surface area (Å²) in [5.41, 5.74) is 2.18. The van der Waals surface area contributed by atoms with Crippen LogP contribution in [-0.2, 0) is 6.42 Å². The average molecular weight is 311 g/mol. The maximum absolute atomic E-state index is 13.6. The number of hydrogen-bond donors (Lipinski definition) is 1. The van der Waals surface area contributed by atoms with Crippen molar-refractivity contribution in [1.82, 2.24) is 0 Å². The summed E-state index contributed by atoms with van der Waals surface area (Å²) in [6.07, 6.45) is 0.744. The van der Waals surface area contributed by atoms with Gasteiger partial charge in [0.25, 0.3) is 0 Å². The first-order valence-corrected chi connectivity index (χ1v) is 7.54. The van der Waals surface area contributed by atoms with Crippen LogP contribution in [0.2, 0.25) is 0 Å². The van der Waals surface area contributed by atoms with Gasteiger partial charge in [0.2, 0.25) is 0 Å². The van der Waals surface area contributed by atoms with Crippen molar-refractivity contribution < 1.29 is 14.3 Å². The number of rotatable bonds is 3. The van der Waals surface area contributed by atoms with E-state index in [9.17, 15) is 14.3 Å². The molecule has 0 spiro atoms. The molecular weight excluding hydrogens is 293 g/mol. The Labute approximate surface area is 134 Å². The van der Waals surface area contributed by atoms with Gasteiger partial charge in [0, 0.05) is 5.56 Å². The molecule has 3 nitrogen and oxygen atoms in total. The average Bonchev–Trinajstić information content (AvgIpc) is 2.47. The Bertz CT molecular complexity index is 809. The molecule has 0 unspecified atom stereocenters. The van der Waals surface area contributed by atoms with E-state index in [2.05, 4.69) is 4.99 Å². The van der Waals surface area contributed by atoms with Crippen molar-refractivity contribution in [3.63, 3.8) is 0 Å². The maximum atomic E-state index is 13.6. The second kappa shape index (κ2) is 5.61. The second-order valence-electron chi connectivity index (χ2n) is 6.47. The molecule has 2 aromatic carbocycles. The Morgan fingerprint density at radius 1 is 1.26 bits per heavy atom. The number of fused-ring (bicyclic) bond motifs is 1. The topological polar surface area (TPSA) is 49.7 Å². The monoisotopic (exact) mass is 311 g/mol. The van der Waals surface area contributed by atoms with E-state index in [0.717, 1.165) is 5.56 Å². The Kier molecular flexibility index (Phi) is 3.76. The molecule has 2 aromatic rings. The van der Waals surface area contributed by atoms with Crippen molar-refractivity contribution in [3.05, 3.63) is 65.0 Å². The number of carbonyl (C=O) groups is 1. The number of hydrogen-bond acceptors (Lipinski definition) is 3. The molecule has 0 aromatic heterocycles. The summed E-state index contributed by atoms with van der Waals surface area (Å²) in [7, 11) is 0. The molecule has 0 amide bonds. The lowest BCUT2D eigenvalue weighted by Crippen LogP contribution is -2.30. The minimum absolute atomic E-state index is 0.0391. The number of nitrogens with zero attached hydrogens (tertiary/aromatic N) is 1. The van der Waals surface area contributed by atoms with E-state index in [4.69, 9.17) is 0 Å². The molecule has 118 valence electrons. The number of Topliss-reactive ketones (excluding diaryl/α,β-unsaturated/α-hetero) is 1. The molecule has 1 aliphatic heterocycles. The summed E-state index contributed by atoms with van der Waals surface area (Å²) in [6.45, 7) is 3.98. The zero-order chi connectivity index (χ0) is 16.6. The number of ketones is 1. The zero-order valence-electron chi connectivity index (χ0n) is 13.1. The minimum Gasteiger partial charge on any atom is -0.507 e. The summed E-state index contributed by atoms with van der Waals surface area (Å²) < 4.78 is 13.6. The van der Waals surface area contributed by atoms with Crippen molar-refractivity contribution in [2.24, 2.45) is 4.99 Å². The minimum atomic E-state index is -0.342. The second-order valence-corrected chi connectivity index (χ2v) is 6.47. The molecule has 0 atom stereocenters. The first-order valence-electron chi connectivity index (χ1n) is 7.54. The van der Waals surface area contributed by atoms with Crippen LogP contribution in [0.15, 0.2) is 47.5 Å². The molecule has 0 aliphatic carbocycles. The first kappa shape index (κ1) is 15.4. The standard InChI is InChI=1S/C19H18FNO2/c1-19(2)11-12-7-8-13(20)9-15(12)16(21-19)10-18(23)14-5-3-4-6-17(14)22/h3-9,22H,10-11H2,1-2H3. The van der Waals surface area contributed by atoms with Gasteiger partial charge in [-0.05, 0) is 50.1 Å². The Hall–Kier alpha value is -2.49. The zero-order valence-corrected chi connectivity index (χ0v) is 13.1. The maximum Gasteiger partial charge on any atom is 0.172 e. The molecule has 0 radical (unpaired) electrons. The van der Waals surface area contributed by atoms with Gasteiger partial charge in [-0.2, -0.15) is 0 Å². The Morgan fingerprint density at radius 3 is 2.74 bits per heavy atom. The summed E-state index contributed by atoms with van der Waals surface area (Å²) in [4.78, 5) is 17.1. The van der Waals surface area contributed by atoms with Crippen LogP contribution in [0.4, 0.5) is 4.39 Å². The van der Waals surface area contributed by atoms with Crippen LogP contribution in [0.3, 0.4) is 0 Å². The highest BCUT2D eigenvalue weighted by molar-refractivity contribution is 6.17. The lowest BCUT2D eigenvalue weighted by Gasteiger charge is -2.29. The highest BCUT2D eigenvalue weighted by Gasteiger charge is 2.28. The predicted molar refractivity (Wildman–Crippen MR) is 87.8 cm³/mol. The third kappa shape index (κ3) is 3.16. The predicted octanol–water partition coefficient (Wildman–Crippen LogP) is 3.93. The van der Waals surface area contributed by atoms with Crippen LogP contribution in [0.25, 0.3) is 0 Å². The summed E-state index contributed by atoms with van der Waals surface area (Å²) in [5.74, 6) is -0.617. The smallest absolute Gasteiger partial charge is 0.172 e. The van der Waals surface area contributed by atoms with E-state index in [0.29, 0.717) is 17.7 Å². The lowest BCUT2D eigenvalue weighted by atomic mass is 9.85. The number of halogens is 1. The molecule has 3 rings (SSSR count). The summed E-state index contributed by atoms with van der Waals surface area (Å²) >= 11 is 0. The van der Waals surface area contributed by atoms with Crippen LogP contribution >= 0.6 is 0 Å². The molecule has 0 saturated heterocycles. The highest BCUT2D eigenvalue weighted by Crippen LogP contribution is 2.29. The number of phenols is 1. The normalized spacial score (nSPS) is 15.7. The highest BCUT2D eigenvalue weighted by atomic mass is 19.1. The molecule has 1 aliphatic rings. The molecule has 0 bridgehead atoms. The largest absolute Gasteiger partial charge is 0.507 e. The molecule has 0 fully saturated rings. The van der Waals surface area contributed by atoms with Gasteiger partial charge in [-0.25, -0.2) is 4.39 Å². The molecule has 0 saturated carbocycles. The number of phenolic OH excluding ortho intramolecular Hbond substituents is 1. The van der Waals surface area contributed by atoms with Crippen molar-refractivity contribution in [3.8, 4) is 5.75 Å². The Balaban J connectivity index is 1.98. The van der Waals surface area contributed by atoms with E-state index in [-0.39, 0.29) is 34.9 Å². The summed E-state index contributed by atoms with van der Waals surface area (Å²) in [6, 6.07) is 11.0. The fourth-order valence-corrected chi connectivity index (χ4v) is 2.99. The van der Waals surface area contributed by atoms with Crippen LogP contribution < -0.4 is 0 Å². The number of para-hydroxylation sites is 1. The molecular formula is C19H18FNO2. The number of aliphatic imine (C=N–C) groups is 1. The van der Waals surface area contributed by atoms with Gasteiger partial charge in [0.05, 0.1) is 23.2 Å². The third-order valence-corrected chi connectivity index (χ3v) is 3.98. The first-order chi connectivity index (χ1) is 10.9. The molecule has 1 N–H and O–H groups in total.